The number of ether oxygens (including phenoxy) is 1. The molecule has 1 saturated heterocycles. The molecule has 1 fully saturated rings. The predicted molar refractivity (Wildman–Crippen MR) is 245 cm³/mol. The molecule has 5 aromatic rings. The molecular weight excluding hydrogens is 877 g/mol. The van der Waals surface area contributed by atoms with Crippen LogP contribution in [0, 0.1) is 5.41 Å². The van der Waals surface area contributed by atoms with Crippen molar-refractivity contribution in [2.24, 2.45) is 10.6 Å². The number of fused-ring (bicyclic) bond motifs is 1. The molecule has 0 saturated carbocycles. The predicted octanol–water partition coefficient (Wildman–Crippen LogP) is 6.04. The summed E-state index contributed by atoms with van der Waals surface area (Å²) in [7, 11) is 0. The molecule has 3 aromatic carbocycles. The van der Waals surface area contributed by atoms with Crippen LogP contribution in [0.4, 0.5) is 5.13 Å². The second-order valence-corrected chi connectivity index (χ2v) is 19.5. The van der Waals surface area contributed by atoms with Crippen molar-refractivity contribution < 1.29 is 33.9 Å². The lowest BCUT2D eigenvalue weighted by Crippen LogP contribution is -2.70. The Hall–Kier alpha value is -6.31. The van der Waals surface area contributed by atoms with Crippen LogP contribution in [0.25, 0.3) is 0 Å². The molecule has 19 heteroatoms. The maximum atomic E-state index is 14.4. The van der Waals surface area contributed by atoms with E-state index in [1.807, 2.05) is 91.0 Å². The number of amides is 2. The quantitative estimate of drug-likeness (QED) is 0.0209. The standard InChI is InChI=1S/C45H46N8O8S3/c1-43(2,3)61-34(54)23-60-52-35(31-26-64-42(47-31)50-45(28-15-9-6-10-16-28,29-17-11-7-12-18-29)30-19-13-8-14-20-30)37(55)49-36-38(56)53-32(21-44(4,5)40(57)58)27(25-63-39(36)53)24-62-33-22-46-51-41(59)48-33/h6-20,22,26,36,39H,21,23-25H2,1-5H3,(H,47,50)(H,49,55)(H,57,58)(H,48,51,59)/t36?,39-/m0/s1. The number of β-lactam (4-membered cyclic amide) rings is 1. The molecule has 16 nitrogen and oxygen atoms in total. The summed E-state index contributed by atoms with van der Waals surface area (Å²) in [5, 5.41) is 28.6. The number of carboxylic acids is 1. The van der Waals surface area contributed by atoms with Gasteiger partial charge >= 0.3 is 17.6 Å². The Labute approximate surface area is 381 Å². The number of nitrogens with zero attached hydrogens (tertiary/aromatic N) is 5. The van der Waals surface area contributed by atoms with Gasteiger partial charge in [0.1, 0.15) is 33.3 Å². The number of anilines is 1. The number of nitrogens with one attached hydrogen (secondary N) is 3. The Kier molecular flexibility index (Phi) is 13.7. The number of aromatic nitrogens is 4. The molecule has 1 unspecified atom stereocenters. The summed E-state index contributed by atoms with van der Waals surface area (Å²) in [6.07, 6.45) is 1.44. The van der Waals surface area contributed by atoms with E-state index in [1.165, 1.54) is 46.0 Å². The Bertz CT molecular complexity index is 2540. The summed E-state index contributed by atoms with van der Waals surface area (Å²) >= 11 is 3.87. The molecule has 2 aliphatic heterocycles. The fraction of sp³-hybridized carbons (Fsp3) is 0.311. The fourth-order valence-electron chi connectivity index (χ4n) is 7.17. The number of H-pyrrole nitrogens is 1. The number of carboxylic acid groups (broad SMARTS) is 1. The molecule has 0 spiro atoms. The third kappa shape index (κ3) is 10.2. The normalized spacial score (nSPS) is 16.7. The van der Waals surface area contributed by atoms with Crippen molar-refractivity contribution in [3.05, 3.63) is 147 Å². The molecule has 4 N–H and O–H groups in total. The zero-order valence-electron chi connectivity index (χ0n) is 35.6. The lowest BCUT2D eigenvalue weighted by molar-refractivity contribution is -0.160. The zero-order valence-corrected chi connectivity index (χ0v) is 38.0. The van der Waals surface area contributed by atoms with Gasteiger partial charge in [-0.25, -0.2) is 19.7 Å². The van der Waals surface area contributed by atoms with Gasteiger partial charge in [0.2, 0.25) is 6.61 Å². The van der Waals surface area contributed by atoms with Crippen LogP contribution < -0.4 is 16.3 Å². The van der Waals surface area contributed by atoms with E-state index in [9.17, 15) is 29.1 Å². The number of thioether (sulfide) groups is 2. The molecule has 2 aliphatic rings. The molecule has 0 bridgehead atoms. The molecule has 2 amide bonds. The van der Waals surface area contributed by atoms with Gasteiger partial charge in [0.05, 0.1) is 11.6 Å². The van der Waals surface area contributed by atoms with Crippen molar-refractivity contribution in [1.82, 2.24) is 30.4 Å². The van der Waals surface area contributed by atoms with E-state index < -0.39 is 64.0 Å². The average molecular weight is 923 g/mol. The van der Waals surface area contributed by atoms with Gasteiger partial charge in [0.15, 0.2) is 10.8 Å². The highest BCUT2D eigenvalue weighted by Gasteiger charge is 2.54. The Morgan fingerprint density at radius 2 is 1.53 bits per heavy atom. The van der Waals surface area contributed by atoms with Gasteiger partial charge < -0.3 is 25.3 Å². The van der Waals surface area contributed by atoms with Crippen LogP contribution in [0.2, 0.25) is 0 Å². The van der Waals surface area contributed by atoms with E-state index in [2.05, 4.69) is 31.0 Å². The first-order chi connectivity index (χ1) is 30.6. The number of oxime groups is 1. The molecule has 2 aromatic heterocycles. The Morgan fingerprint density at radius 3 is 2.09 bits per heavy atom. The number of aromatic amines is 1. The van der Waals surface area contributed by atoms with Gasteiger partial charge in [-0.2, -0.15) is 10.1 Å². The highest BCUT2D eigenvalue weighted by atomic mass is 32.2. The van der Waals surface area contributed by atoms with Gasteiger partial charge in [-0.05, 0) is 56.9 Å². The molecule has 0 aliphatic carbocycles. The van der Waals surface area contributed by atoms with Crippen molar-refractivity contribution in [2.75, 3.05) is 23.4 Å². The van der Waals surface area contributed by atoms with Crippen molar-refractivity contribution in [1.29, 1.82) is 0 Å². The van der Waals surface area contributed by atoms with E-state index in [0.29, 0.717) is 27.4 Å². The van der Waals surface area contributed by atoms with Crippen LogP contribution in [-0.4, -0.2) is 94.8 Å². The van der Waals surface area contributed by atoms with Gasteiger partial charge in [0, 0.05) is 29.0 Å². The summed E-state index contributed by atoms with van der Waals surface area (Å²) in [5.74, 6) is -2.27. The maximum Gasteiger partial charge on any atom is 0.362 e. The number of carbonyl (C=O) groups is 4. The summed E-state index contributed by atoms with van der Waals surface area (Å²) in [4.78, 5) is 80.9. The lowest BCUT2D eigenvalue weighted by Gasteiger charge is -2.51. The van der Waals surface area contributed by atoms with Crippen molar-refractivity contribution >= 4 is 69.5 Å². The van der Waals surface area contributed by atoms with E-state index in [0.717, 1.165) is 22.3 Å². The number of hydrogen-bond donors (Lipinski definition) is 4. The minimum Gasteiger partial charge on any atom is -0.481 e. The second kappa shape index (κ2) is 19.2. The number of allylic oxidation sites excluding steroid dienone is 1. The van der Waals surface area contributed by atoms with Crippen LogP contribution in [0.1, 0.15) is 63.4 Å². The van der Waals surface area contributed by atoms with Crippen molar-refractivity contribution in [3.8, 4) is 0 Å². The van der Waals surface area contributed by atoms with E-state index >= 15 is 0 Å². The summed E-state index contributed by atoms with van der Waals surface area (Å²) in [5.41, 5.74) is 0.361. The van der Waals surface area contributed by atoms with E-state index in [4.69, 9.17) is 14.6 Å². The Morgan fingerprint density at radius 1 is 0.922 bits per heavy atom. The van der Waals surface area contributed by atoms with Crippen LogP contribution in [0.5, 0.6) is 0 Å². The highest BCUT2D eigenvalue weighted by Crippen LogP contribution is 2.45. The van der Waals surface area contributed by atoms with Crippen LogP contribution in [0.15, 0.2) is 129 Å². The van der Waals surface area contributed by atoms with Gasteiger partial charge in [-0.3, -0.25) is 19.3 Å². The minimum absolute atomic E-state index is 0.0268. The number of esters is 1. The van der Waals surface area contributed by atoms with Crippen LogP contribution in [0.3, 0.4) is 0 Å². The van der Waals surface area contributed by atoms with E-state index in [-0.39, 0.29) is 17.8 Å². The van der Waals surface area contributed by atoms with Crippen molar-refractivity contribution in [2.45, 2.75) is 68.6 Å². The zero-order chi connectivity index (χ0) is 45.6. The lowest BCUT2D eigenvalue weighted by atomic mass is 9.77. The molecule has 0 radical (unpaired) electrons. The summed E-state index contributed by atoms with van der Waals surface area (Å²) < 4.78 is 5.38. The van der Waals surface area contributed by atoms with E-state index in [1.54, 1.807) is 40.0 Å². The van der Waals surface area contributed by atoms with Gasteiger partial charge in [-0.1, -0.05) is 96.2 Å². The minimum atomic E-state index is -1.24. The fourth-order valence-corrected chi connectivity index (χ4v) is 10.3. The highest BCUT2D eigenvalue weighted by molar-refractivity contribution is 8.01. The number of benzene rings is 3. The Balaban J connectivity index is 1.19. The maximum absolute atomic E-state index is 14.4. The largest absolute Gasteiger partial charge is 0.481 e. The van der Waals surface area contributed by atoms with Crippen LogP contribution >= 0.6 is 34.9 Å². The molecule has 64 heavy (non-hydrogen) atoms. The first-order valence-corrected chi connectivity index (χ1v) is 23.0. The molecule has 4 heterocycles. The molecule has 7 rings (SSSR count). The number of rotatable bonds is 17. The number of carbonyl (C=O) groups excluding carboxylic acids is 3. The average Bonchev–Trinajstić information content (AvgIpc) is 3.73. The first-order valence-electron chi connectivity index (χ1n) is 20.1. The molecule has 332 valence electrons. The summed E-state index contributed by atoms with van der Waals surface area (Å²) in [6.45, 7) is 7.70. The third-order valence-electron chi connectivity index (χ3n) is 10.2. The van der Waals surface area contributed by atoms with Gasteiger partial charge in [-0.15, -0.1) is 34.9 Å². The topological polar surface area (TPSA) is 218 Å². The smallest absolute Gasteiger partial charge is 0.362 e. The monoisotopic (exact) mass is 922 g/mol. The third-order valence-corrected chi connectivity index (χ3v) is 13.3. The molecule has 2 atom stereocenters. The van der Waals surface area contributed by atoms with Gasteiger partial charge in [0.25, 0.3) is 11.8 Å². The molecular formula is C45H46N8O8S3. The number of hydrogen-bond acceptors (Lipinski definition) is 15. The summed E-state index contributed by atoms with van der Waals surface area (Å²) in [6, 6.07) is 28.7. The first kappa shape index (κ1) is 45.7. The number of aliphatic carboxylic acids is 1. The number of thiazole rings is 1. The SMILES string of the molecule is CC(C)(C)OC(=O)CON=C(C(=O)NC1C(=O)N2C(CC(C)(C)C(=O)O)=C(CSc3cn[nH]c(=O)n3)CS[C@@H]12)c1csc(NC(c2ccccc2)(c2ccccc2)c2ccccc2)n1. The van der Waals surface area contributed by atoms with Crippen LogP contribution in [-0.2, 0) is 34.3 Å². The second-order valence-electron chi connectivity index (χ2n) is 16.5. The van der Waals surface area contributed by atoms with Crippen molar-refractivity contribution in [3.63, 3.8) is 0 Å².